The highest BCUT2D eigenvalue weighted by molar-refractivity contribution is 6.36. The second-order valence-electron chi connectivity index (χ2n) is 4.70. The molecule has 1 amide bonds. The van der Waals surface area contributed by atoms with E-state index in [9.17, 15) is 9.18 Å². The van der Waals surface area contributed by atoms with E-state index in [2.05, 4.69) is 5.32 Å². The van der Waals surface area contributed by atoms with Crippen LogP contribution in [0.25, 0.3) is 11.6 Å². The minimum atomic E-state index is -0.322. The maximum Gasteiger partial charge on any atom is 0.256 e. The van der Waals surface area contributed by atoms with Gasteiger partial charge in [-0.15, -0.1) is 0 Å². The number of fused-ring (bicyclic) bond motifs is 1. The number of benzene rings is 2. The number of anilines is 1. The second kappa shape index (κ2) is 5.70. The summed E-state index contributed by atoms with van der Waals surface area (Å²) in [7, 11) is 0. The van der Waals surface area contributed by atoms with Crippen LogP contribution < -0.4 is 5.32 Å². The number of halogens is 2. The number of aryl methyl sites for hydroxylation is 1. The molecule has 0 atom stereocenters. The van der Waals surface area contributed by atoms with Crippen molar-refractivity contribution in [3.05, 3.63) is 63.9 Å². The van der Waals surface area contributed by atoms with Crippen molar-refractivity contribution in [2.75, 3.05) is 5.32 Å². The zero-order valence-electron chi connectivity index (χ0n) is 10.7. The molecule has 2 aromatic carbocycles. The Kier molecular flexibility index (Phi) is 4.14. The predicted molar refractivity (Wildman–Crippen MR) is 85.8 cm³/mol. The summed E-state index contributed by atoms with van der Waals surface area (Å²) < 4.78 is 13.3. The topological polar surface area (TPSA) is 29.1 Å². The van der Waals surface area contributed by atoms with E-state index >= 15 is 0 Å². The van der Waals surface area contributed by atoms with Gasteiger partial charge in [0.05, 0.1) is 5.69 Å². The van der Waals surface area contributed by atoms with E-state index in [0.717, 1.165) is 11.1 Å². The first-order chi connectivity index (χ1) is 9.54. The van der Waals surface area contributed by atoms with Crippen LogP contribution in [0.2, 0.25) is 5.02 Å². The minimum absolute atomic E-state index is 0. The smallest absolute Gasteiger partial charge is 0.256 e. The van der Waals surface area contributed by atoms with Gasteiger partial charge in [0.25, 0.3) is 5.91 Å². The third-order valence-electron chi connectivity index (χ3n) is 3.31. The standard InChI is InChI=1S/C16H11ClFNO.CH4/c1-9-2-4-12(18)6-10(9)7-14-13-5-3-11(17)8-15(13)19-16(14)20;/h2-8H,1H3,(H,19,20);1H4. The molecule has 1 N–H and O–H groups in total. The highest BCUT2D eigenvalue weighted by atomic mass is 35.5. The van der Waals surface area contributed by atoms with Gasteiger partial charge in [0.1, 0.15) is 5.82 Å². The molecule has 21 heavy (non-hydrogen) atoms. The van der Waals surface area contributed by atoms with Crippen LogP contribution in [0.4, 0.5) is 10.1 Å². The van der Waals surface area contributed by atoms with Gasteiger partial charge in [-0.25, -0.2) is 4.39 Å². The van der Waals surface area contributed by atoms with Gasteiger partial charge in [0, 0.05) is 16.2 Å². The maximum atomic E-state index is 13.3. The molecule has 0 aromatic heterocycles. The molecule has 2 nitrogen and oxygen atoms in total. The summed E-state index contributed by atoms with van der Waals surface area (Å²) in [5.74, 6) is -0.525. The molecule has 0 saturated carbocycles. The lowest BCUT2D eigenvalue weighted by Crippen LogP contribution is -2.03. The summed E-state index contributed by atoms with van der Waals surface area (Å²) in [4.78, 5) is 12.0. The van der Waals surface area contributed by atoms with Crippen LogP contribution in [0, 0.1) is 12.7 Å². The normalized spacial score (nSPS) is 14.6. The Morgan fingerprint density at radius 3 is 2.71 bits per heavy atom. The number of amides is 1. The van der Waals surface area contributed by atoms with Crippen LogP contribution in [0.3, 0.4) is 0 Å². The Labute approximate surface area is 128 Å². The van der Waals surface area contributed by atoms with E-state index in [0.29, 0.717) is 21.8 Å². The van der Waals surface area contributed by atoms with E-state index < -0.39 is 0 Å². The molecule has 1 aliphatic heterocycles. The number of carbonyl (C=O) groups excluding carboxylic acids is 1. The molecule has 3 rings (SSSR count). The van der Waals surface area contributed by atoms with Gasteiger partial charge in [-0.3, -0.25) is 4.79 Å². The van der Waals surface area contributed by atoms with Gasteiger partial charge in [-0.05, 0) is 48.4 Å². The summed E-state index contributed by atoms with van der Waals surface area (Å²) >= 11 is 5.90. The van der Waals surface area contributed by atoms with E-state index in [4.69, 9.17) is 11.6 Å². The fourth-order valence-corrected chi connectivity index (χ4v) is 2.40. The van der Waals surface area contributed by atoms with Crippen molar-refractivity contribution in [1.82, 2.24) is 0 Å². The molecular formula is C17H15ClFNO. The zero-order chi connectivity index (χ0) is 14.3. The molecule has 108 valence electrons. The zero-order valence-corrected chi connectivity index (χ0v) is 11.5. The van der Waals surface area contributed by atoms with E-state index in [1.54, 1.807) is 30.3 Å². The van der Waals surface area contributed by atoms with Crippen LogP contribution >= 0.6 is 11.6 Å². The molecule has 0 unspecified atom stereocenters. The lowest BCUT2D eigenvalue weighted by Gasteiger charge is -2.03. The molecule has 4 heteroatoms. The molecular weight excluding hydrogens is 289 g/mol. The van der Waals surface area contributed by atoms with Crippen molar-refractivity contribution in [1.29, 1.82) is 0 Å². The summed E-state index contributed by atoms with van der Waals surface area (Å²) in [6.45, 7) is 1.88. The number of carbonyl (C=O) groups is 1. The predicted octanol–water partition coefficient (Wildman–Crippen LogP) is 4.92. The Hall–Kier alpha value is -2.13. The Morgan fingerprint density at radius 2 is 1.95 bits per heavy atom. The monoisotopic (exact) mass is 303 g/mol. The fourth-order valence-electron chi connectivity index (χ4n) is 2.23. The summed E-state index contributed by atoms with van der Waals surface area (Å²) in [6.07, 6.45) is 1.70. The average Bonchev–Trinajstić information content (AvgIpc) is 2.69. The highest BCUT2D eigenvalue weighted by Crippen LogP contribution is 2.35. The van der Waals surface area contributed by atoms with Gasteiger partial charge in [-0.2, -0.15) is 0 Å². The van der Waals surface area contributed by atoms with Crippen LogP contribution in [-0.2, 0) is 4.79 Å². The van der Waals surface area contributed by atoms with Gasteiger partial charge in [0.15, 0.2) is 0 Å². The summed E-state index contributed by atoms with van der Waals surface area (Å²) in [5.41, 5.74) is 3.59. The summed E-state index contributed by atoms with van der Waals surface area (Å²) in [6, 6.07) is 9.73. The molecule has 2 aromatic rings. The summed E-state index contributed by atoms with van der Waals surface area (Å²) in [5, 5.41) is 3.32. The van der Waals surface area contributed by atoms with Gasteiger partial charge >= 0.3 is 0 Å². The SMILES string of the molecule is C.Cc1ccc(F)cc1C=C1C(=O)Nc2cc(Cl)ccc21. The van der Waals surface area contributed by atoms with Crippen LogP contribution in [-0.4, -0.2) is 5.91 Å². The first-order valence-corrected chi connectivity index (χ1v) is 6.51. The second-order valence-corrected chi connectivity index (χ2v) is 5.14. The lowest BCUT2D eigenvalue weighted by atomic mass is 10.0. The minimum Gasteiger partial charge on any atom is -0.321 e. The van der Waals surface area contributed by atoms with E-state index in [1.807, 2.05) is 6.92 Å². The average molecular weight is 304 g/mol. The van der Waals surface area contributed by atoms with Crippen molar-refractivity contribution >= 4 is 34.8 Å². The lowest BCUT2D eigenvalue weighted by molar-refractivity contribution is -0.110. The van der Waals surface area contributed by atoms with Crippen molar-refractivity contribution in [2.24, 2.45) is 0 Å². The third-order valence-corrected chi connectivity index (χ3v) is 3.54. The van der Waals surface area contributed by atoms with E-state index in [1.165, 1.54) is 12.1 Å². The van der Waals surface area contributed by atoms with Crippen LogP contribution in [0.1, 0.15) is 24.1 Å². The molecule has 0 radical (unpaired) electrons. The maximum absolute atomic E-state index is 13.3. The Bertz CT molecular complexity index is 752. The van der Waals surface area contributed by atoms with Gasteiger partial charge in [-0.1, -0.05) is 31.2 Å². The number of rotatable bonds is 1. The van der Waals surface area contributed by atoms with Crippen molar-refractivity contribution in [2.45, 2.75) is 14.4 Å². The highest BCUT2D eigenvalue weighted by Gasteiger charge is 2.24. The number of hydrogen-bond acceptors (Lipinski definition) is 1. The van der Waals surface area contributed by atoms with Gasteiger partial charge in [0.2, 0.25) is 0 Å². The third kappa shape index (κ3) is 2.83. The van der Waals surface area contributed by atoms with Gasteiger partial charge < -0.3 is 5.32 Å². The van der Waals surface area contributed by atoms with Crippen molar-refractivity contribution in [3.8, 4) is 0 Å². The molecule has 0 aliphatic carbocycles. The fraction of sp³-hybridized carbons (Fsp3) is 0.118. The first-order valence-electron chi connectivity index (χ1n) is 6.14. The van der Waals surface area contributed by atoms with Crippen molar-refractivity contribution in [3.63, 3.8) is 0 Å². The largest absolute Gasteiger partial charge is 0.321 e. The quantitative estimate of drug-likeness (QED) is 0.745. The Morgan fingerprint density at radius 1 is 1.19 bits per heavy atom. The molecule has 1 heterocycles. The molecule has 0 spiro atoms. The number of nitrogens with one attached hydrogen (secondary N) is 1. The van der Waals surface area contributed by atoms with Crippen molar-refractivity contribution < 1.29 is 9.18 Å². The molecule has 0 saturated heterocycles. The van der Waals surface area contributed by atoms with Crippen LogP contribution in [0.15, 0.2) is 36.4 Å². The molecule has 1 aliphatic rings. The molecule has 0 bridgehead atoms. The molecule has 0 fully saturated rings. The Balaban J connectivity index is 0.00000161. The van der Waals surface area contributed by atoms with E-state index in [-0.39, 0.29) is 19.2 Å². The number of hydrogen-bond donors (Lipinski definition) is 1. The van der Waals surface area contributed by atoms with Crippen LogP contribution in [0.5, 0.6) is 0 Å². The first kappa shape index (κ1) is 15.3.